The number of benzene rings is 3. The van der Waals surface area contributed by atoms with E-state index in [1.807, 2.05) is 113 Å². The Hall–Kier alpha value is -4.23. The second-order valence-corrected chi connectivity index (χ2v) is 7.73. The zero-order chi connectivity index (χ0) is 27.8. The molecule has 3 aromatic carbocycles. The van der Waals surface area contributed by atoms with Crippen molar-refractivity contribution >= 4 is 11.8 Å². The standard InChI is InChI=1S/C27H25N3O4.2C2H6/c31-16-23-25(21-11-13-22(14-12-21)34-17-20-9-5-2-6-10-20)28-18-29-26(23)30-24(27(32)33)15-19-7-3-1-4-8-19;2*1-2/h1-14,18,24,31H,15-17H2,(H,32,33)(H,28,29,30);2*1-2H3. The number of nitrogens with zero attached hydrogens (tertiary/aromatic N) is 2. The third kappa shape index (κ3) is 8.71. The summed E-state index contributed by atoms with van der Waals surface area (Å²) in [6, 6.07) is 25.7. The molecule has 1 heterocycles. The van der Waals surface area contributed by atoms with Crippen LogP contribution in [-0.4, -0.2) is 32.2 Å². The molecule has 7 nitrogen and oxygen atoms in total. The summed E-state index contributed by atoms with van der Waals surface area (Å²) in [7, 11) is 0. The normalized spacial score (nSPS) is 10.7. The fraction of sp³-hybridized carbons (Fsp3) is 0.258. The molecule has 0 saturated heterocycles. The summed E-state index contributed by atoms with van der Waals surface area (Å²) >= 11 is 0. The first kappa shape index (κ1) is 30.0. The molecule has 0 saturated carbocycles. The molecule has 4 rings (SSSR count). The van der Waals surface area contributed by atoms with Crippen molar-refractivity contribution in [3.05, 3.63) is 108 Å². The molecule has 4 aromatic rings. The van der Waals surface area contributed by atoms with Crippen LogP contribution in [0.25, 0.3) is 11.3 Å². The van der Waals surface area contributed by atoms with Gasteiger partial charge in [-0.2, -0.15) is 0 Å². The van der Waals surface area contributed by atoms with Crippen LogP contribution in [0, 0.1) is 0 Å². The van der Waals surface area contributed by atoms with E-state index in [2.05, 4.69) is 15.3 Å². The first-order valence-electron chi connectivity index (χ1n) is 12.9. The Balaban J connectivity index is 0.00000121. The summed E-state index contributed by atoms with van der Waals surface area (Å²) in [5.41, 5.74) is 3.67. The molecule has 38 heavy (non-hydrogen) atoms. The second kappa shape index (κ2) is 16.5. The largest absolute Gasteiger partial charge is 0.489 e. The van der Waals surface area contributed by atoms with Crippen LogP contribution in [0.5, 0.6) is 5.75 Å². The van der Waals surface area contributed by atoms with Gasteiger partial charge in [0.25, 0.3) is 0 Å². The molecule has 7 heteroatoms. The molecule has 200 valence electrons. The first-order chi connectivity index (χ1) is 18.6. The van der Waals surface area contributed by atoms with Gasteiger partial charge in [-0.15, -0.1) is 0 Å². The predicted octanol–water partition coefficient (Wildman–Crippen LogP) is 6.38. The van der Waals surface area contributed by atoms with Crippen molar-refractivity contribution in [1.82, 2.24) is 9.97 Å². The number of hydrogen-bond donors (Lipinski definition) is 3. The maximum atomic E-state index is 11.9. The van der Waals surface area contributed by atoms with E-state index >= 15 is 0 Å². The first-order valence-corrected chi connectivity index (χ1v) is 12.9. The minimum absolute atomic E-state index is 0.272. The molecule has 0 bridgehead atoms. The third-order valence-electron chi connectivity index (χ3n) is 5.37. The Bertz CT molecular complexity index is 1220. The van der Waals surface area contributed by atoms with Gasteiger partial charge in [0.05, 0.1) is 12.3 Å². The predicted molar refractivity (Wildman–Crippen MR) is 152 cm³/mol. The molecule has 0 fully saturated rings. The molecule has 0 spiro atoms. The molecule has 1 unspecified atom stereocenters. The zero-order valence-corrected chi connectivity index (χ0v) is 22.5. The molecule has 1 atom stereocenters. The number of aromatic nitrogens is 2. The third-order valence-corrected chi connectivity index (χ3v) is 5.37. The lowest BCUT2D eigenvalue weighted by Gasteiger charge is -2.18. The summed E-state index contributed by atoms with van der Waals surface area (Å²) in [5, 5.41) is 22.8. The lowest BCUT2D eigenvalue weighted by Crippen LogP contribution is -2.32. The van der Waals surface area contributed by atoms with Crippen LogP contribution in [-0.2, 0) is 24.4 Å². The Kier molecular flexibility index (Phi) is 13.0. The lowest BCUT2D eigenvalue weighted by molar-refractivity contribution is -0.137. The number of aliphatic hydroxyl groups is 1. The molecule has 0 aliphatic rings. The number of carboxylic acid groups (broad SMARTS) is 1. The summed E-state index contributed by atoms with van der Waals surface area (Å²) in [6.45, 7) is 8.12. The van der Waals surface area contributed by atoms with E-state index in [0.717, 1.165) is 16.7 Å². The van der Waals surface area contributed by atoms with Crippen molar-refractivity contribution in [3.63, 3.8) is 0 Å². The van der Waals surface area contributed by atoms with E-state index in [1.54, 1.807) is 0 Å². The van der Waals surface area contributed by atoms with Crippen LogP contribution in [0.3, 0.4) is 0 Å². The van der Waals surface area contributed by atoms with Gasteiger partial charge in [-0.05, 0) is 35.4 Å². The average molecular weight is 516 g/mol. The lowest BCUT2D eigenvalue weighted by atomic mass is 10.0. The molecular weight excluding hydrogens is 478 g/mol. The van der Waals surface area contributed by atoms with Gasteiger partial charge in [0.1, 0.15) is 30.5 Å². The maximum absolute atomic E-state index is 11.9. The van der Waals surface area contributed by atoms with E-state index in [9.17, 15) is 15.0 Å². The number of carbonyl (C=O) groups is 1. The van der Waals surface area contributed by atoms with Crippen molar-refractivity contribution in [1.29, 1.82) is 0 Å². The fourth-order valence-corrected chi connectivity index (χ4v) is 3.60. The van der Waals surface area contributed by atoms with Gasteiger partial charge in [-0.25, -0.2) is 14.8 Å². The molecule has 3 N–H and O–H groups in total. The van der Waals surface area contributed by atoms with Gasteiger partial charge < -0.3 is 20.3 Å². The van der Waals surface area contributed by atoms with Crippen molar-refractivity contribution in [2.75, 3.05) is 5.32 Å². The summed E-state index contributed by atoms with van der Waals surface area (Å²) in [4.78, 5) is 20.4. The highest BCUT2D eigenvalue weighted by atomic mass is 16.5. The number of hydrogen-bond acceptors (Lipinski definition) is 6. The fourth-order valence-electron chi connectivity index (χ4n) is 3.60. The number of nitrogens with one attached hydrogen (secondary N) is 1. The van der Waals surface area contributed by atoms with Crippen molar-refractivity contribution in [2.45, 2.75) is 53.4 Å². The van der Waals surface area contributed by atoms with Gasteiger partial charge in [0.2, 0.25) is 0 Å². The second-order valence-electron chi connectivity index (χ2n) is 7.73. The SMILES string of the molecule is CC.CC.O=C(O)C(Cc1ccccc1)Nc1ncnc(-c2ccc(OCc3ccccc3)cc2)c1CO. The summed E-state index contributed by atoms with van der Waals surface area (Å²) in [6.07, 6.45) is 1.63. The van der Waals surface area contributed by atoms with E-state index in [1.165, 1.54) is 6.33 Å². The monoisotopic (exact) mass is 515 g/mol. The Labute approximate surface area is 225 Å². The van der Waals surface area contributed by atoms with Gasteiger partial charge in [-0.3, -0.25) is 0 Å². The van der Waals surface area contributed by atoms with Gasteiger partial charge in [0, 0.05) is 17.5 Å². The Morgan fingerprint density at radius 3 is 1.97 bits per heavy atom. The number of aliphatic carboxylic acids is 1. The number of carboxylic acids is 1. The van der Waals surface area contributed by atoms with Crippen LogP contribution in [0.15, 0.2) is 91.3 Å². The van der Waals surface area contributed by atoms with Crippen molar-refractivity contribution < 1.29 is 19.7 Å². The quantitative estimate of drug-likeness (QED) is 0.225. The minimum Gasteiger partial charge on any atom is -0.489 e. The highest BCUT2D eigenvalue weighted by Crippen LogP contribution is 2.28. The van der Waals surface area contributed by atoms with Gasteiger partial charge in [-0.1, -0.05) is 88.4 Å². The van der Waals surface area contributed by atoms with E-state index in [4.69, 9.17) is 4.74 Å². The number of ether oxygens (including phenoxy) is 1. The number of aliphatic hydroxyl groups excluding tert-OH is 1. The molecule has 0 aliphatic heterocycles. The van der Waals surface area contributed by atoms with E-state index < -0.39 is 12.0 Å². The summed E-state index contributed by atoms with van der Waals surface area (Å²) in [5.74, 6) is -0.00702. The molecule has 0 radical (unpaired) electrons. The zero-order valence-electron chi connectivity index (χ0n) is 22.5. The smallest absolute Gasteiger partial charge is 0.326 e. The number of anilines is 1. The highest BCUT2D eigenvalue weighted by molar-refractivity contribution is 5.78. The Morgan fingerprint density at radius 2 is 1.42 bits per heavy atom. The van der Waals surface area contributed by atoms with Crippen molar-refractivity contribution in [3.8, 4) is 17.0 Å². The van der Waals surface area contributed by atoms with Crippen molar-refractivity contribution in [2.24, 2.45) is 0 Å². The number of rotatable bonds is 10. The maximum Gasteiger partial charge on any atom is 0.326 e. The van der Waals surface area contributed by atoms with Crippen LogP contribution in [0.4, 0.5) is 5.82 Å². The Morgan fingerprint density at radius 1 is 0.842 bits per heavy atom. The van der Waals surface area contributed by atoms with Crippen LogP contribution < -0.4 is 10.1 Å². The molecule has 0 amide bonds. The van der Waals surface area contributed by atoms with Crippen LogP contribution in [0.1, 0.15) is 44.4 Å². The molecule has 1 aromatic heterocycles. The van der Waals surface area contributed by atoms with Gasteiger partial charge in [0.15, 0.2) is 0 Å². The molecule has 0 aliphatic carbocycles. The van der Waals surface area contributed by atoms with E-state index in [0.29, 0.717) is 29.4 Å². The topological polar surface area (TPSA) is 105 Å². The van der Waals surface area contributed by atoms with Crippen LogP contribution >= 0.6 is 0 Å². The van der Waals surface area contributed by atoms with Gasteiger partial charge >= 0.3 is 5.97 Å². The highest BCUT2D eigenvalue weighted by Gasteiger charge is 2.21. The van der Waals surface area contributed by atoms with E-state index in [-0.39, 0.29) is 13.0 Å². The summed E-state index contributed by atoms with van der Waals surface area (Å²) < 4.78 is 5.84. The average Bonchev–Trinajstić information content (AvgIpc) is 2.99. The molecular formula is C31H37N3O4. The van der Waals surface area contributed by atoms with Crippen LogP contribution in [0.2, 0.25) is 0 Å². The minimum atomic E-state index is -1.01.